The van der Waals surface area contributed by atoms with Gasteiger partial charge in [0.2, 0.25) is 5.91 Å². The summed E-state index contributed by atoms with van der Waals surface area (Å²) < 4.78 is 5.43. The van der Waals surface area contributed by atoms with E-state index in [2.05, 4.69) is 5.32 Å². The molecule has 0 bridgehead atoms. The van der Waals surface area contributed by atoms with Crippen molar-refractivity contribution < 1.29 is 23.9 Å². The Balaban J connectivity index is 1.76. The van der Waals surface area contributed by atoms with Crippen molar-refractivity contribution >= 4 is 29.2 Å². The van der Waals surface area contributed by atoms with Crippen molar-refractivity contribution in [3.8, 4) is 0 Å². The molecule has 3 rings (SSSR count). The highest BCUT2D eigenvalue weighted by atomic mass is 16.5. The molecule has 1 aromatic carbocycles. The van der Waals surface area contributed by atoms with Crippen molar-refractivity contribution in [2.75, 3.05) is 25.9 Å². The normalized spacial score (nSPS) is 21.4. The van der Waals surface area contributed by atoms with Gasteiger partial charge in [0.05, 0.1) is 12.6 Å². The lowest BCUT2D eigenvalue weighted by Crippen LogP contribution is -2.53. The number of amides is 3. The van der Waals surface area contributed by atoms with Crippen molar-refractivity contribution in [3.05, 3.63) is 29.8 Å². The predicted octanol–water partition coefficient (Wildman–Crippen LogP) is 1.86. The second-order valence-corrected chi connectivity index (χ2v) is 10.4. The fourth-order valence-electron chi connectivity index (χ4n) is 5.04. The third-order valence-electron chi connectivity index (χ3n) is 6.72. The second kappa shape index (κ2) is 11.2. The number of Topliss-reactive ketones (excluding diaryl/α,β-unsaturated/α-hetero) is 1. The van der Waals surface area contributed by atoms with Crippen LogP contribution in [-0.4, -0.2) is 77.7 Å². The van der Waals surface area contributed by atoms with E-state index in [1.807, 2.05) is 27.7 Å². The summed E-state index contributed by atoms with van der Waals surface area (Å²) in [7, 11) is 1.51. The number of nitrogens with zero attached hydrogens (tertiary/aromatic N) is 2. The van der Waals surface area contributed by atoms with Crippen LogP contribution in [0.1, 0.15) is 57.3 Å². The molecule has 4 atom stereocenters. The lowest BCUT2D eigenvalue weighted by molar-refractivity contribution is -0.144. The maximum atomic E-state index is 13.6. The Hall–Kier alpha value is -2.94. The average Bonchev–Trinajstić information content (AvgIpc) is 3.37. The van der Waals surface area contributed by atoms with Gasteiger partial charge in [-0.25, -0.2) is 0 Å². The first-order chi connectivity index (χ1) is 16.5. The number of carbonyl (C=O) groups is 4. The van der Waals surface area contributed by atoms with E-state index in [4.69, 9.17) is 10.5 Å². The SMILES string of the molecule is COC(CC(C)C)C(=O)N1CC(=O)C2C1CCN2C(=O)C(CC(C)C)NC(=O)c1ccc(N)cc1. The van der Waals surface area contributed by atoms with Crippen LogP contribution in [0.25, 0.3) is 0 Å². The molecule has 2 aliphatic rings. The number of ether oxygens (including phenoxy) is 1. The predicted molar refractivity (Wildman–Crippen MR) is 132 cm³/mol. The molecule has 35 heavy (non-hydrogen) atoms. The summed E-state index contributed by atoms with van der Waals surface area (Å²) in [5.74, 6) is -0.603. The average molecular weight is 487 g/mol. The highest BCUT2D eigenvalue weighted by molar-refractivity contribution is 6.01. The van der Waals surface area contributed by atoms with Crippen LogP contribution >= 0.6 is 0 Å². The first-order valence-electron chi connectivity index (χ1n) is 12.4. The van der Waals surface area contributed by atoms with Crippen molar-refractivity contribution in [1.82, 2.24) is 15.1 Å². The van der Waals surface area contributed by atoms with Crippen molar-refractivity contribution in [2.45, 2.75) is 71.2 Å². The number of nitrogens with one attached hydrogen (secondary N) is 1. The molecule has 1 aromatic rings. The lowest BCUT2D eigenvalue weighted by Gasteiger charge is -2.30. The molecule has 3 N–H and O–H groups in total. The molecule has 2 heterocycles. The number of hydrogen-bond acceptors (Lipinski definition) is 6. The minimum Gasteiger partial charge on any atom is -0.399 e. The van der Waals surface area contributed by atoms with Gasteiger partial charge in [-0.2, -0.15) is 0 Å². The first kappa shape index (κ1) is 26.7. The molecular weight excluding hydrogens is 448 g/mol. The summed E-state index contributed by atoms with van der Waals surface area (Å²) >= 11 is 0. The van der Waals surface area contributed by atoms with E-state index in [0.717, 1.165) is 0 Å². The smallest absolute Gasteiger partial charge is 0.252 e. The summed E-state index contributed by atoms with van der Waals surface area (Å²) in [6.45, 7) is 8.31. The monoisotopic (exact) mass is 486 g/mol. The molecule has 0 radical (unpaired) electrons. The molecule has 2 aliphatic heterocycles. The molecule has 9 heteroatoms. The molecule has 0 spiro atoms. The molecule has 2 saturated heterocycles. The van der Waals surface area contributed by atoms with Crippen LogP contribution < -0.4 is 11.1 Å². The topological polar surface area (TPSA) is 122 Å². The van der Waals surface area contributed by atoms with Gasteiger partial charge < -0.3 is 25.6 Å². The highest BCUT2D eigenvalue weighted by Gasteiger charge is 2.53. The summed E-state index contributed by atoms with van der Waals surface area (Å²) in [6, 6.07) is 4.66. The third kappa shape index (κ3) is 6.01. The van der Waals surface area contributed by atoms with Crippen molar-refractivity contribution in [1.29, 1.82) is 0 Å². The molecule has 0 saturated carbocycles. The number of anilines is 1. The van der Waals surface area contributed by atoms with Gasteiger partial charge in [-0.15, -0.1) is 0 Å². The van der Waals surface area contributed by atoms with Crippen LogP contribution in [0.4, 0.5) is 5.69 Å². The minimum absolute atomic E-state index is 0.0253. The van der Waals surface area contributed by atoms with Crippen LogP contribution in [-0.2, 0) is 19.1 Å². The van der Waals surface area contributed by atoms with Crippen LogP contribution in [0.5, 0.6) is 0 Å². The van der Waals surface area contributed by atoms with Gasteiger partial charge in [-0.1, -0.05) is 27.7 Å². The second-order valence-electron chi connectivity index (χ2n) is 10.4. The maximum Gasteiger partial charge on any atom is 0.252 e. The number of ketones is 1. The van der Waals surface area contributed by atoms with E-state index in [1.165, 1.54) is 7.11 Å². The molecule has 3 amide bonds. The Labute approximate surface area is 207 Å². The zero-order valence-electron chi connectivity index (χ0n) is 21.3. The van der Waals surface area contributed by atoms with Crippen LogP contribution in [0.15, 0.2) is 24.3 Å². The fourth-order valence-corrected chi connectivity index (χ4v) is 5.04. The molecule has 9 nitrogen and oxygen atoms in total. The quantitative estimate of drug-likeness (QED) is 0.514. The van der Waals surface area contributed by atoms with Gasteiger partial charge in [0.15, 0.2) is 5.78 Å². The van der Waals surface area contributed by atoms with Crippen LogP contribution in [0, 0.1) is 11.8 Å². The number of benzene rings is 1. The number of nitrogen functional groups attached to an aromatic ring is 1. The molecule has 0 aliphatic carbocycles. The van der Waals surface area contributed by atoms with E-state index in [0.29, 0.717) is 37.1 Å². The fraction of sp³-hybridized carbons (Fsp3) is 0.615. The zero-order chi connectivity index (χ0) is 25.9. The first-order valence-corrected chi connectivity index (χ1v) is 12.4. The van der Waals surface area contributed by atoms with Crippen LogP contribution in [0.2, 0.25) is 0 Å². The van der Waals surface area contributed by atoms with E-state index in [-0.39, 0.29) is 47.9 Å². The Morgan fingerprint density at radius 1 is 1.03 bits per heavy atom. The summed E-state index contributed by atoms with van der Waals surface area (Å²) in [5, 5.41) is 2.86. The number of carbonyl (C=O) groups excluding carboxylic acids is 4. The summed E-state index contributed by atoms with van der Waals surface area (Å²) in [6.07, 6.45) is 0.906. The molecule has 0 aromatic heterocycles. The van der Waals surface area contributed by atoms with Crippen LogP contribution in [0.3, 0.4) is 0 Å². The minimum atomic E-state index is -0.774. The number of rotatable bonds is 9. The van der Waals surface area contributed by atoms with Gasteiger partial charge >= 0.3 is 0 Å². The molecular formula is C26H38N4O5. The number of nitrogens with two attached hydrogens (primary N) is 1. The Morgan fingerprint density at radius 2 is 1.66 bits per heavy atom. The number of fused-ring (bicyclic) bond motifs is 1. The zero-order valence-corrected chi connectivity index (χ0v) is 21.3. The van der Waals surface area contributed by atoms with E-state index in [9.17, 15) is 19.2 Å². The summed E-state index contributed by atoms with van der Waals surface area (Å²) in [4.78, 5) is 55.8. The largest absolute Gasteiger partial charge is 0.399 e. The highest BCUT2D eigenvalue weighted by Crippen LogP contribution is 2.32. The standard InChI is InChI=1S/C26H38N4O5/c1-15(2)12-19(28-24(32)17-6-8-18(27)9-7-17)25(33)29-11-10-20-23(29)21(31)14-30(20)26(34)22(35-5)13-16(3)4/h6-9,15-16,19-20,22-23H,10-14,27H2,1-5H3,(H,28,32). The number of likely N-dealkylation sites (tertiary alicyclic amines) is 2. The van der Waals surface area contributed by atoms with Crippen molar-refractivity contribution in [3.63, 3.8) is 0 Å². The van der Waals surface area contributed by atoms with E-state index < -0.39 is 18.2 Å². The lowest BCUT2D eigenvalue weighted by atomic mass is 10.0. The van der Waals surface area contributed by atoms with Gasteiger partial charge in [-0.3, -0.25) is 19.2 Å². The van der Waals surface area contributed by atoms with E-state index >= 15 is 0 Å². The van der Waals surface area contributed by atoms with Gasteiger partial charge in [0.1, 0.15) is 18.2 Å². The summed E-state index contributed by atoms with van der Waals surface area (Å²) in [5.41, 5.74) is 6.66. The number of methoxy groups -OCH3 is 1. The van der Waals surface area contributed by atoms with Gasteiger partial charge in [0, 0.05) is 24.9 Å². The third-order valence-corrected chi connectivity index (χ3v) is 6.72. The molecule has 2 fully saturated rings. The molecule has 4 unspecified atom stereocenters. The maximum absolute atomic E-state index is 13.6. The van der Waals surface area contributed by atoms with Gasteiger partial charge in [0.25, 0.3) is 11.8 Å². The Morgan fingerprint density at radius 3 is 2.23 bits per heavy atom. The molecule has 192 valence electrons. The Bertz CT molecular complexity index is 946. The van der Waals surface area contributed by atoms with Gasteiger partial charge in [-0.05, 0) is 55.4 Å². The van der Waals surface area contributed by atoms with E-state index in [1.54, 1.807) is 34.1 Å². The Kier molecular flexibility index (Phi) is 8.53. The van der Waals surface area contributed by atoms with Crippen molar-refractivity contribution in [2.24, 2.45) is 11.8 Å². The number of hydrogen-bond donors (Lipinski definition) is 2.